The van der Waals surface area contributed by atoms with E-state index >= 15 is 0 Å². The molecule has 2 rings (SSSR count). The summed E-state index contributed by atoms with van der Waals surface area (Å²) in [5, 5.41) is 6.65. The summed E-state index contributed by atoms with van der Waals surface area (Å²) in [4.78, 5) is 12.6. The lowest BCUT2D eigenvalue weighted by atomic mass is 9.92. The smallest absolute Gasteiger partial charge is 0.220 e. The fourth-order valence-electron chi connectivity index (χ4n) is 3.56. The molecule has 0 spiro atoms. The summed E-state index contributed by atoms with van der Waals surface area (Å²) in [6, 6.07) is 8.09. The number of piperidine rings is 1. The van der Waals surface area contributed by atoms with E-state index in [1.54, 1.807) is 0 Å². The molecule has 1 heterocycles. The van der Waals surface area contributed by atoms with E-state index in [9.17, 15) is 4.79 Å². The van der Waals surface area contributed by atoms with E-state index in [0.29, 0.717) is 24.9 Å². The third-order valence-electron chi connectivity index (χ3n) is 4.87. The van der Waals surface area contributed by atoms with Gasteiger partial charge in [0.05, 0.1) is 12.6 Å². The van der Waals surface area contributed by atoms with Crippen molar-refractivity contribution in [3.05, 3.63) is 29.8 Å². The highest BCUT2D eigenvalue weighted by Gasteiger charge is 2.21. The summed E-state index contributed by atoms with van der Waals surface area (Å²) in [5.41, 5.74) is 1.09. The second-order valence-electron chi connectivity index (χ2n) is 7.45. The molecule has 4 nitrogen and oxygen atoms in total. The minimum Gasteiger partial charge on any atom is -0.494 e. The van der Waals surface area contributed by atoms with E-state index in [1.807, 2.05) is 25.1 Å². The quantitative estimate of drug-likeness (QED) is 0.709. The average molecular weight is 347 g/mol. The van der Waals surface area contributed by atoms with E-state index in [-0.39, 0.29) is 11.9 Å². The number of para-hydroxylation sites is 1. The minimum absolute atomic E-state index is 0.0169. The molecule has 0 aromatic heterocycles. The van der Waals surface area contributed by atoms with Crippen LogP contribution in [-0.4, -0.2) is 25.6 Å². The van der Waals surface area contributed by atoms with Crippen LogP contribution in [0.2, 0.25) is 0 Å². The number of carbonyl (C=O) groups excluding carboxylic acids is 1. The topological polar surface area (TPSA) is 50.4 Å². The van der Waals surface area contributed by atoms with Gasteiger partial charge in [-0.2, -0.15) is 0 Å². The maximum absolute atomic E-state index is 12.6. The molecular weight excluding hydrogens is 312 g/mol. The van der Waals surface area contributed by atoms with Crippen LogP contribution in [0.25, 0.3) is 0 Å². The molecule has 1 atom stereocenters. The minimum atomic E-state index is 0.0169. The van der Waals surface area contributed by atoms with Crippen molar-refractivity contribution in [2.75, 3.05) is 19.7 Å². The number of nitrogens with one attached hydrogen (secondary N) is 2. The fraction of sp³-hybridized carbons (Fsp3) is 0.667. The summed E-state index contributed by atoms with van der Waals surface area (Å²) in [6.07, 6.45) is 4.92. The second kappa shape index (κ2) is 10.4. The van der Waals surface area contributed by atoms with Crippen LogP contribution in [0, 0.1) is 11.8 Å². The van der Waals surface area contributed by atoms with Gasteiger partial charge in [0.25, 0.3) is 0 Å². The van der Waals surface area contributed by atoms with Crippen LogP contribution >= 0.6 is 0 Å². The number of rotatable bonds is 9. The van der Waals surface area contributed by atoms with Crippen molar-refractivity contribution in [2.45, 2.75) is 58.9 Å². The lowest BCUT2D eigenvalue weighted by Crippen LogP contribution is -2.31. The lowest BCUT2D eigenvalue weighted by Gasteiger charge is -2.25. The monoisotopic (exact) mass is 346 g/mol. The molecule has 140 valence electrons. The molecule has 4 heteroatoms. The van der Waals surface area contributed by atoms with Gasteiger partial charge in [-0.05, 0) is 63.6 Å². The summed E-state index contributed by atoms with van der Waals surface area (Å²) in [6.45, 7) is 9.18. The highest BCUT2D eigenvalue weighted by Crippen LogP contribution is 2.30. The lowest BCUT2D eigenvalue weighted by molar-refractivity contribution is -0.122. The molecule has 0 radical (unpaired) electrons. The number of amides is 1. The molecule has 1 unspecified atom stereocenters. The third kappa shape index (κ3) is 6.69. The standard InChI is InChI=1S/C21H34N2O2/c1-4-25-20-8-6-5-7-18(20)19(15-16(2)3)23-21(24)10-9-17-11-13-22-14-12-17/h5-8,16-17,19,22H,4,9-15H2,1-3H3,(H,23,24). The van der Waals surface area contributed by atoms with Crippen LogP contribution in [-0.2, 0) is 4.79 Å². The van der Waals surface area contributed by atoms with Crippen molar-refractivity contribution in [2.24, 2.45) is 11.8 Å². The van der Waals surface area contributed by atoms with Crippen LogP contribution < -0.4 is 15.4 Å². The summed E-state index contributed by atoms with van der Waals surface area (Å²) >= 11 is 0. The molecule has 1 fully saturated rings. The van der Waals surface area contributed by atoms with Crippen LogP contribution in [0.5, 0.6) is 5.75 Å². The first-order chi connectivity index (χ1) is 12.1. The Labute approximate surface area is 152 Å². The van der Waals surface area contributed by atoms with E-state index in [4.69, 9.17) is 4.74 Å². The Bertz CT molecular complexity index is 524. The van der Waals surface area contributed by atoms with Gasteiger partial charge in [0, 0.05) is 12.0 Å². The van der Waals surface area contributed by atoms with Crippen molar-refractivity contribution in [3.63, 3.8) is 0 Å². The van der Waals surface area contributed by atoms with E-state index in [0.717, 1.165) is 37.2 Å². The Morgan fingerprint density at radius 2 is 2.00 bits per heavy atom. The molecular formula is C21H34N2O2. The molecule has 1 aliphatic heterocycles. The molecule has 25 heavy (non-hydrogen) atoms. The number of hydrogen-bond acceptors (Lipinski definition) is 3. The normalized spacial score (nSPS) is 16.6. The van der Waals surface area contributed by atoms with Gasteiger partial charge >= 0.3 is 0 Å². The van der Waals surface area contributed by atoms with Gasteiger partial charge in [0.1, 0.15) is 5.75 Å². The highest BCUT2D eigenvalue weighted by atomic mass is 16.5. The van der Waals surface area contributed by atoms with Gasteiger partial charge in [-0.25, -0.2) is 0 Å². The molecule has 1 amide bonds. The predicted octanol–water partition coefficient (Wildman–Crippen LogP) is 4.07. The van der Waals surface area contributed by atoms with Crippen LogP contribution in [0.1, 0.15) is 64.5 Å². The number of ether oxygens (including phenoxy) is 1. The number of carbonyl (C=O) groups is 1. The highest BCUT2D eigenvalue weighted by molar-refractivity contribution is 5.76. The fourth-order valence-corrected chi connectivity index (χ4v) is 3.56. The Kier molecular flexibility index (Phi) is 8.26. The number of hydrogen-bond donors (Lipinski definition) is 2. The van der Waals surface area contributed by atoms with Gasteiger partial charge < -0.3 is 15.4 Å². The molecule has 0 aliphatic carbocycles. The average Bonchev–Trinajstić information content (AvgIpc) is 2.61. The molecule has 2 N–H and O–H groups in total. The Hall–Kier alpha value is -1.55. The van der Waals surface area contributed by atoms with E-state index in [1.165, 1.54) is 12.8 Å². The Balaban J connectivity index is 1.98. The van der Waals surface area contributed by atoms with Crippen LogP contribution in [0.3, 0.4) is 0 Å². The zero-order chi connectivity index (χ0) is 18.1. The first kappa shape index (κ1) is 19.8. The molecule has 1 aromatic carbocycles. The van der Waals surface area contributed by atoms with Crippen LogP contribution in [0.4, 0.5) is 0 Å². The van der Waals surface area contributed by atoms with Crippen molar-refractivity contribution in [3.8, 4) is 5.75 Å². The van der Waals surface area contributed by atoms with Gasteiger partial charge in [-0.15, -0.1) is 0 Å². The van der Waals surface area contributed by atoms with Crippen molar-refractivity contribution in [1.82, 2.24) is 10.6 Å². The van der Waals surface area contributed by atoms with Gasteiger partial charge in [-0.3, -0.25) is 4.79 Å². The maximum atomic E-state index is 12.6. The van der Waals surface area contributed by atoms with E-state index < -0.39 is 0 Å². The Morgan fingerprint density at radius 3 is 2.68 bits per heavy atom. The molecule has 1 saturated heterocycles. The second-order valence-corrected chi connectivity index (χ2v) is 7.45. The molecule has 0 bridgehead atoms. The largest absolute Gasteiger partial charge is 0.494 e. The van der Waals surface area contributed by atoms with Crippen molar-refractivity contribution >= 4 is 5.91 Å². The van der Waals surface area contributed by atoms with Gasteiger partial charge in [0.2, 0.25) is 5.91 Å². The Morgan fingerprint density at radius 1 is 1.28 bits per heavy atom. The zero-order valence-corrected chi connectivity index (χ0v) is 16.0. The molecule has 0 saturated carbocycles. The third-order valence-corrected chi connectivity index (χ3v) is 4.87. The van der Waals surface area contributed by atoms with Gasteiger partial charge in [0.15, 0.2) is 0 Å². The number of benzene rings is 1. The van der Waals surface area contributed by atoms with Crippen molar-refractivity contribution in [1.29, 1.82) is 0 Å². The first-order valence-corrected chi connectivity index (χ1v) is 9.82. The summed E-state index contributed by atoms with van der Waals surface area (Å²) < 4.78 is 5.78. The summed E-state index contributed by atoms with van der Waals surface area (Å²) in [5.74, 6) is 2.24. The van der Waals surface area contributed by atoms with Crippen molar-refractivity contribution < 1.29 is 9.53 Å². The maximum Gasteiger partial charge on any atom is 0.220 e. The predicted molar refractivity (Wildman–Crippen MR) is 103 cm³/mol. The first-order valence-electron chi connectivity index (χ1n) is 9.82. The zero-order valence-electron chi connectivity index (χ0n) is 16.0. The molecule has 1 aliphatic rings. The van der Waals surface area contributed by atoms with Crippen LogP contribution in [0.15, 0.2) is 24.3 Å². The summed E-state index contributed by atoms with van der Waals surface area (Å²) in [7, 11) is 0. The van der Waals surface area contributed by atoms with Gasteiger partial charge in [-0.1, -0.05) is 32.0 Å². The SMILES string of the molecule is CCOc1ccccc1C(CC(C)C)NC(=O)CCC1CCNCC1. The van der Waals surface area contributed by atoms with E-state index in [2.05, 4.69) is 30.5 Å². The molecule has 1 aromatic rings.